The number of phenolic OH excluding ortho intramolecular Hbond substituents is 1. The normalized spacial score (nSPS) is 11.3. The fourth-order valence-corrected chi connectivity index (χ4v) is 3.30. The van der Waals surface area contributed by atoms with Crippen molar-refractivity contribution in [3.63, 3.8) is 0 Å². The monoisotopic (exact) mass is 490 g/mol. The lowest BCUT2D eigenvalue weighted by Crippen LogP contribution is -2.32. The molecule has 33 heavy (non-hydrogen) atoms. The Morgan fingerprint density at radius 1 is 1.00 bits per heavy atom. The van der Waals surface area contributed by atoms with Crippen molar-refractivity contribution in [1.29, 1.82) is 0 Å². The zero-order chi connectivity index (χ0) is 22.8. The molecule has 1 amide bonds. The van der Waals surface area contributed by atoms with Crippen molar-refractivity contribution in [2.24, 2.45) is 0 Å². The lowest BCUT2D eigenvalue weighted by Gasteiger charge is -2.13. The number of aliphatic hydroxyl groups is 1. The smallest absolute Gasteiger partial charge is 0.228 e. The highest BCUT2D eigenvalue weighted by atomic mass is 35.5. The zero-order valence-electron chi connectivity index (χ0n) is 18.0. The molecule has 0 fully saturated rings. The van der Waals surface area contributed by atoms with Crippen molar-refractivity contribution in [3.8, 4) is 11.5 Å². The number of aromatic hydroxyl groups is 1. The minimum atomic E-state index is -0.638. The van der Waals surface area contributed by atoms with Gasteiger partial charge in [-0.15, -0.1) is 12.4 Å². The lowest BCUT2D eigenvalue weighted by molar-refractivity contribution is -0.115. The second-order valence-corrected chi connectivity index (χ2v) is 7.90. The summed E-state index contributed by atoms with van der Waals surface area (Å²) in [6.07, 6.45) is 0.425. The van der Waals surface area contributed by atoms with Crippen LogP contribution in [0.2, 0.25) is 5.02 Å². The molecule has 0 heterocycles. The maximum absolute atomic E-state index is 12.2. The molecule has 0 unspecified atom stereocenters. The standard InChI is InChI=1S/C25H27ClN2O4.ClH/c26-20-3-1-2-19(14-20)15-25(31)28-21-6-4-18(5-7-21)12-13-27-16-23(30)17-32-24-10-8-22(29)9-11-24;/h1-11,14,23,27,29-30H,12-13,15-17H2,(H,28,31);1H/t23-;/m0./s1. The molecule has 0 aliphatic heterocycles. The molecule has 3 rings (SSSR count). The van der Waals surface area contributed by atoms with Gasteiger partial charge in [-0.25, -0.2) is 0 Å². The SMILES string of the molecule is Cl.O=C(Cc1cccc(Cl)c1)Nc1ccc(CCNC[C@H](O)COc2ccc(O)cc2)cc1. The van der Waals surface area contributed by atoms with Gasteiger partial charge in [-0.05, 0) is 72.6 Å². The highest BCUT2D eigenvalue weighted by Crippen LogP contribution is 2.16. The average Bonchev–Trinajstić information content (AvgIpc) is 2.77. The van der Waals surface area contributed by atoms with Crippen LogP contribution in [0, 0.1) is 0 Å². The molecule has 3 aromatic carbocycles. The van der Waals surface area contributed by atoms with E-state index in [9.17, 15) is 15.0 Å². The van der Waals surface area contributed by atoms with Crippen LogP contribution in [0.25, 0.3) is 0 Å². The van der Waals surface area contributed by atoms with Gasteiger partial charge in [-0.3, -0.25) is 4.79 Å². The number of amides is 1. The van der Waals surface area contributed by atoms with Crippen LogP contribution in [0.1, 0.15) is 11.1 Å². The number of hydrogen-bond acceptors (Lipinski definition) is 5. The van der Waals surface area contributed by atoms with Gasteiger partial charge in [0.05, 0.1) is 6.42 Å². The second kappa shape index (κ2) is 13.7. The Balaban J connectivity index is 0.00000385. The van der Waals surface area contributed by atoms with E-state index in [0.29, 0.717) is 23.9 Å². The fraction of sp³-hybridized carbons (Fsp3) is 0.240. The van der Waals surface area contributed by atoms with Gasteiger partial charge in [0.15, 0.2) is 0 Å². The fourth-order valence-electron chi connectivity index (χ4n) is 3.09. The number of anilines is 1. The molecule has 0 aromatic heterocycles. The first-order chi connectivity index (χ1) is 15.5. The zero-order valence-corrected chi connectivity index (χ0v) is 19.6. The molecular formula is C25H28Cl2N2O4. The number of nitrogens with one attached hydrogen (secondary N) is 2. The van der Waals surface area contributed by atoms with Gasteiger partial charge in [-0.1, -0.05) is 35.9 Å². The number of carbonyl (C=O) groups excluding carboxylic acids is 1. The molecule has 0 bridgehead atoms. The first-order valence-corrected chi connectivity index (χ1v) is 10.8. The van der Waals surface area contributed by atoms with Gasteiger partial charge < -0.3 is 25.6 Å². The molecule has 6 nitrogen and oxygen atoms in total. The van der Waals surface area contributed by atoms with Gasteiger partial charge in [0, 0.05) is 17.3 Å². The molecule has 176 valence electrons. The Morgan fingerprint density at radius 2 is 1.73 bits per heavy atom. The van der Waals surface area contributed by atoms with Crippen LogP contribution in [0.4, 0.5) is 5.69 Å². The van der Waals surface area contributed by atoms with Crippen LogP contribution in [0.5, 0.6) is 11.5 Å². The van der Waals surface area contributed by atoms with Crippen LogP contribution in [-0.2, 0) is 17.6 Å². The quantitative estimate of drug-likeness (QED) is 0.302. The van der Waals surface area contributed by atoms with Gasteiger partial charge in [0.1, 0.15) is 24.2 Å². The minimum absolute atomic E-state index is 0. The van der Waals surface area contributed by atoms with Crippen molar-refractivity contribution >= 4 is 35.6 Å². The topological polar surface area (TPSA) is 90.8 Å². The summed E-state index contributed by atoms with van der Waals surface area (Å²) in [4.78, 5) is 12.2. The number of aliphatic hydroxyl groups excluding tert-OH is 1. The number of rotatable bonds is 11. The van der Waals surface area contributed by atoms with E-state index in [2.05, 4.69) is 10.6 Å². The second-order valence-electron chi connectivity index (χ2n) is 7.46. The van der Waals surface area contributed by atoms with E-state index >= 15 is 0 Å². The summed E-state index contributed by atoms with van der Waals surface area (Å²) in [5.74, 6) is 0.680. The van der Waals surface area contributed by atoms with Crippen LogP contribution < -0.4 is 15.4 Å². The summed E-state index contributed by atoms with van der Waals surface area (Å²) in [6.45, 7) is 1.29. The molecule has 4 N–H and O–H groups in total. The van der Waals surface area contributed by atoms with Gasteiger partial charge >= 0.3 is 0 Å². The molecule has 1 atom stereocenters. The Morgan fingerprint density at radius 3 is 2.42 bits per heavy atom. The summed E-state index contributed by atoms with van der Waals surface area (Å²) in [6, 6.07) is 21.4. The van der Waals surface area contributed by atoms with Gasteiger partial charge in [-0.2, -0.15) is 0 Å². The number of phenols is 1. The molecule has 0 aliphatic carbocycles. The number of halogens is 2. The molecule has 3 aromatic rings. The molecule has 0 radical (unpaired) electrons. The molecule has 0 saturated heterocycles. The first kappa shape index (κ1) is 26.5. The summed E-state index contributed by atoms with van der Waals surface area (Å²) in [7, 11) is 0. The van der Waals surface area contributed by atoms with Crippen molar-refractivity contribution in [3.05, 3.63) is 88.9 Å². The lowest BCUT2D eigenvalue weighted by atomic mass is 10.1. The Labute approximate surface area is 205 Å². The average molecular weight is 491 g/mol. The highest BCUT2D eigenvalue weighted by molar-refractivity contribution is 6.30. The van der Waals surface area contributed by atoms with E-state index in [1.54, 1.807) is 24.3 Å². The number of carbonyl (C=O) groups is 1. The molecule has 8 heteroatoms. The molecular weight excluding hydrogens is 463 g/mol. The number of benzene rings is 3. The Hall–Kier alpha value is -2.77. The Kier molecular flexibility index (Phi) is 11.0. The molecule has 0 aliphatic rings. The summed E-state index contributed by atoms with van der Waals surface area (Å²) < 4.78 is 5.48. The van der Waals surface area contributed by atoms with E-state index in [-0.39, 0.29) is 37.1 Å². The number of hydrogen-bond donors (Lipinski definition) is 4. The van der Waals surface area contributed by atoms with E-state index in [0.717, 1.165) is 23.2 Å². The summed E-state index contributed by atoms with van der Waals surface area (Å²) >= 11 is 5.96. The number of ether oxygens (including phenoxy) is 1. The largest absolute Gasteiger partial charge is 0.508 e. The van der Waals surface area contributed by atoms with E-state index < -0.39 is 6.10 Å². The van der Waals surface area contributed by atoms with E-state index in [1.807, 2.05) is 36.4 Å². The maximum Gasteiger partial charge on any atom is 0.228 e. The van der Waals surface area contributed by atoms with Crippen LogP contribution in [0.15, 0.2) is 72.8 Å². The van der Waals surface area contributed by atoms with Crippen LogP contribution in [-0.4, -0.2) is 41.9 Å². The van der Waals surface area contributed by atoms with Crippen molar-refractivity contribution < 1.29 is 19.7 Å². The molecule has 0 saturated carbocycles. The summed E-state index contributed by atoms with van der Waals surface area (Å²) in [5.41, 5.74) is 2.74. The van der Waals surface area contributed by atoms with Crippen LogP contribution in [0.3, 0.4) is 0 Å². The van der Waals surface area contributed by atoms with Gasteiger partial charge in [0.2, 0.25) is 5.91 Å². The maximum atomic E-state index is 12.2. The van der Waals surface area contributed by atoms with Crippen molar-refractivity contribution in [2.75, 3.05) is 25.0 Å². The van der Waals surface area contributed by atoms with Crippen molar-refractivity contribution in [1.82, 2.24) is 5.32 Å². The third kappa shape index (κ3) is 9.72. The van der Waals surface area contributed by atoms with Crippen molar-refractivity contribution in [2.45, 2.75) is 18.9 Å². The van der Waals surface area contributed by atoms with E-state index in [1.165, 1.54) is 12.1 Å². The molecule has 0 spiro atoms. The first-order valence-electron chi connectivity index (χ1n) is 10.4. The Bertz CT molecular complexity index is 998. The highest BCUT2D eigenvalue weighted by Gasteiger charge is 2.07. The third-order valence-electron chi connectivity index (χ3n) is 4.74. The predicted octanol–water partition coefficient (Wildman–Crippen LogP) is 4.22. The predicted molar refractivity (Wildman–Crippen MR) is 134 cm³/mol. The van der Waals surface area contributed by atoms with Crippen LogP contribution >= 0.6 is 24.0 Å². The third-order valence-corrected chi connectivity index (χ3v) is 4.98. The minimum Gasteiger partial charge on any atom is -0.508 e. The van der Waals surface area contributed by atoms with Gasteiger partial charge in [0.25, 0.3) is 0 Å². The summed E-state index contributed by atoms with van der Waals surface area (Å²) in [5, 5.41) is 26.0. The van der Waals surface area contributed by atoms with E-state index in [4.69, 9.17) is 16.3 Å².